The summed E-state index contributed by atoms with van der Waals surface area (Å²) in [5, 5.41) is 9.39. The van der Waals surface area contributed by atoms with Gasteiger partial charge < -0.3 is 10.8 Å². The summed E-state index contributed by atoms with van der Waals surface area (Å²) in [4.78, 5) is 0. The van der Waals surface area contributed by atoms with Gasteiger partial charge in [0.25, 0.3) is 0 Å². The molecule has 3 N–H and O–H groups in total. The van der Waals surface area contributed by atoms with E-state index in [0.29, 0.717) is 16.3 Å². The lowest BCUT2D eigenvalue weighted by molar-refractivity contribution is 0.514. The molecular weight excluding hydrogens is 162 g/mol. The quantitative estimate of drug-likeness (QED) is 0.501. The van der Waals surface area contributed by atoms with E-state index >= 15 is 0 Å². The zero-order chi connectivity index (χ0) is 8.43. The predicted molar refractivity (Wildman–Crippen MR) is 47.5 cm³/mol. The minimum absolute atomic E-state index is 0.0463. The molecule has 1 aromatic carbocycles. The maximum atomic E-state index is 8.98. The van der Waals surface area contributed by atoms with Crippen LogP contribution >= 0.6 is 11.6 Å². The highest BCUT2D eigenvalue weighted by molar-refractivity contribution is 6.32. The molecule has 0 spiro atoms. The summed E-state index contributed by atoms with van der Waals surface area (Å²) in [6, 6.07) is 4.85. The van der Waals surface area contributed by atoms with Gasteiger partial charge in [0.05, 0.1) is 5.02 Å². The number of hydrogen-bond acceptors (Lipinski definition) is 2. The van der Waals surface area contributed by atoms with E-state index in [-0.39, 0.29) is 5.76 Å². The SMILES string of the molecule is C=C(O)c1ccc(N)cc1Cl. The molecule has 58 valence electrons. The molecule has 0 saturated heterocycles. The van der Waals surface area contributed by atoms with Crippen LogP contribution in [0.4, 0.5) is 5.69 Å². The van der Waals surface area contributed by atoms with Crippen molar-refractivity contribution in [1.29, 1.82) is 0 Å². The molecule has 0 aliphatic carbocycles. The first kappa shape index (κ1) is 7.95. The fraction of sp³-hybridized carbons (Fsp3) is 0. The molecule has 3 heteroatoms. The Morgan fingerprint density at radius 1 is 1.55 bits per heavy atom. The Bertz CT molecular complexity index is 296. The molecule has 0 saturated carbocycles. The molecule has 0 bridgehead atoms. The fourth-order valence-electron chi connectivity index (χ4n) is 0.765. The lowest BCUT2D eigenvalue weighted by atomic mass is 10.2. The third-order valence-electron chi connectivity index (χ3n) is 1.30. The average molecular weight is 170 g/mol. The van der Waals surface area contributed by atoms with E-state index in [2.05, 4.69) is 6.58 Å². The Morgan fingerprint density at radius 2 is 2.18 bits per heavy atom. The maximum absolute atomic E-state index is 8.98. The summed E-state index contributed by atoms with van der Waals surface area (Å²) in [6.07, 6.45) is 0. The number of hydrogen-bond donors (Lipinski definition) is 2. The average Bonchev–Trinajstić information content (AvgIpc) is 1.85. The Kier molecular flexibility index (Phi) is 2.06. The standard InChI is InChI=1S/C8H8ClNO/c1-5(11)7-3-2-6(10)4-8(7)9/h2-4,11H,1,10H2. The largest absolute Gasteiger partial charge is 0.508 e. The number of benzene rings is 1. The van der Waals surface area contributed by atoms with Crippen LogP contribution in [-0.2, 0) is 0 Å². The van der Waals surface area contributed by atoms with E-state index < -0.39 is 0 Å². The van der Waals surface area contributed by atoms with Crippen molar-refractivity contribution in [3.63, 3.8) is 0 Å². The second-order valence-electron chi connectivity index (χ2n) is 2.19. The second-order valence-corrected chi connectivity index (χ2v) is 2.59. The molecule has 11 heavy (non-hydrogen) atoms. The third kappa shape index (κ3) is 1.65. The Hall–Kier alpha value is -1.15. The zero-order valence-corrected chi connectivity index (χ0v) is 6.60. The van der Waals surface area contributed by atoms with E-state index in [0.717, 1.165) is 0 Å². The van der Waals surface area contributed by atoms with Crippen molar-refractivity contribution in [3.05, 3.63) is 35.4 Å². The fourth-order valence-corrected chi connectivity index (χ4v) is 1.06. The minimum atomic E-state index is -0.0463. The molecule has 0 unspecified atom stereocenters. The number of halogens is 1. The number of anilines is 1. The van der Waals surface area contributed by atoms with Crippen LogP contribution < -0.4 is 5.73 Å². The van der Waals surface area contributed by atoms with Gasteiger partial charge in [-0.05, 0) is 18.2 Å². The van der Waals surface area contributed by atoms with Gasteiger partial charge in [-0.3, -0.25) is 0 Å². The first-order valence-corrected chi connectivity index (χ1v) is 3.42. The summed E-state index contributed by atoms with van der Waals surface area (Å²) >= 11 is 5.72. The van der Waals surface area contributed by atoms with Crippen molar-refractivity contribution in [2.24, 2.45) is 0 Å². The molecule has 1 aromatic rings. The number of nitrogen functional groups attached to an aromatic ring is 1. The Morgan fingerprint density at radius 3 is 2.64 bits per heavy atom. The van der Waals surface area contributed by atoms with Crippen molar-refractivity contribution in [2.75, 3.05) is 5.73 Å². The summed E-state index contributed by atoms with van der Waals surface area (Å²) in [6.45, 7) is 3.35. The summed E-state index contributed by atoms with van der Waals surface area (Å²) in [5.41, 5.74) is 6.52. The number of rotatable bonds is 1. The van der Waals surface area contributed by atoms with Crippen LogP contribution in [0.2, 0.25) is 5.02 Å². The van der Waals surface area contributed by atoms with Gasteiger partial charge in [-0.15, -0.1) is 0 Å². The van der Waals surface area contributed by atoms with Gasteiger partial charge in [-0.2, -0.15) is 0 Å². The van der Waals surface area contributed by atoms with Gasteiger partial charge in [0.15, 0.2) is 0 Å². The van der Waals surface area contributed by atoms with Gasteiger partial charge in [0, 0.05) is 11.3 Å². The molecule has 2 nitrogen and oxygen atoms in total. The van der Waals surface area contributed by atoms with Gasteiger partial charge in [-0.25, -0.2) is 0 Å². The molecule has 0 aliphatic rings. The van der Waals surface area contributed by atoms with Gasteiger partial charge in [0.1, 0.15) is 5.76 Å². The monoisotopic (exact) mass is 169 g/mol. The van der Waals surface area contributed by atoms with E-state index in [1.807, 2.05) is 0 Å². The molecule has 0 aromatic heterocycles. The first-order chi connectivity index (χ1) is 5.11. The molecule has 0 radical (unpaired) electrons. The van der Waals surface area contributed by atoms with Crippen LogP contribution in [0.1, 0.15) is 5.56 Å². The highest BCUT2D eigenvalue weighted by Crippen LogP contribution is 2.23. The Balaban J connectivity index is 3.20. The number of aliphatic hydroxyl groups is 1. The van der Waals surface area contributed by atoms with E-state index in [9.17, 15) is 0 Å². The van der Waals surface area contributed by atoms with E-state index in [1.165, 1.54) is 0 Å². The van der Waals surface area contributed by atoms with Crippen molar-refractivity contribution < 1.29 is 5.11 Å². The predicted octanol–water partition coefficient (Wildman–Crippen LogP) is 2.45. The van der Waals surface area contributed by atoms with Gasteiger partial charge in [0.2, 0.25) is 0 Å². The zero-order valence-electron chi connectivity index (χ0n) is 5.84. The summed E-state index contributed by atoms with van der Waals surface area (Å²) in [5.74, 6) is -0.0463. The highest BCUT2D eigenvalue weighted by atomic mass is 35.5. The van der Waals surface area contributed by atoms with Crippen molar-refractivity contribution >= 4 is 23.0 Å². The molecule has 0 amide bonds. The minimum Gasteiger partial charge on any atom is -0.508 e. The van der Waals surface area contributed by atoms with Crippen LogP contribution in [0.15, 0.2) is 24.8 Å². The van der Waals surface area contributed by atoms with Crippen LogP contribution in [-0.4, -0.2) is 5.11 Å². The van der Waals surface area contributed by atoms with Crippen LogP contribution in [0.25, 0.3) is 5.76 Å². The number of aliphatic hydroxyl groups excluding tert-OH is 1. The van der Waals surface area contributed by atoms with Crippen molar-refractivity contribution in [1.82, 2.24) is 0 Å². The highest BCUT2D eigenvalue weighted by Gasteiger charge is 2.01. The molecule has 0 heterocycles. The molecule has 0 fully saturated rings. The summed E-state index contributed by atoms with van der Waals surface area (Å²) in [7, 11) is 0. The molecule has 1 rings (SSSR count). The first-order valence-electron chi connectivity index (χ1n) is 3.04. The Labute approximate surface area is 69.9 Å². The third-order valence-corrected chi connectivity index (χ3v) is 1.62. The topological polar surface area (TPSA) is 46.2 Å². The lowest BCUT2D eigenvalue weighted by Crippen LogP contribution is -1.87. The lowest BCUT2D eigenvalue weighted by Gasteiger charge is -2.01. The normalized spacial score (nSPS) is 9.55. The number of nitrogens with two attached hydrogens (primary N) is 1. The van der Waals surface area contributed by atoms with Gasteiger partial charge >= 0.3 is 0 Å². The smallest absolute Gasteiger partial charge is 0.117 e. The molecule has 0 atom stereocenters. The van der Waals surface area contributed by atoms with E-state index in [4.69, 9.17) is 22.4 Å². The molecular formula is C8H8ClNO. The van der Waals surface area contributed by atoms with Crippen molar-refractivity contribution in [3.8, 4) is 0 Å². The van der Waals surface area contributed by atoms with Crippen LogP contribution in [0.5, 0.6) is 0 Å². The van der Waals surface area contributed by atoms with Crippen LogP contribution in [0.3, 0.4) is 0 Å². The summed E-state index contributed by atoms with van der Waals surface area (Å²) < 4.78 is 0. The van der Waals surface area contributed by atoms with Crippen LogP contribution in [0, 0.1) is 0 Å². The maximum Gasteiger partial charge on any atom is 0.117 e. The van der Waals surface area contributed by atoms with Gasteiger partial charge in [-0.1, -0.05) is 18.2 Å². The van der Waals surface area contributed by atoms with Crippen molar-refractivity contribution in [2.45, 2.75) is 0 Å². The molecule has 0 aliphatic heterocycles. The second kappa shape index (κ2) is 2.84. The van der Waals surface area contributed by atoms with E-state index in [1.54, 1.807) is 18.2 Å².